The van der Waals surface area contributed by atoms with Crippen molar-refractivity contribution in [3.63, 3.8) is 0 Å². The Labute approximate surface area is 114 Å². The molecule has 1 saturated carbocycles. The van der Waals surface area contributed by atoms with Crippen LogP contribution in [0.25, 0.3) is 0 Å². The van der Waals surface area contributed by atoms with Gasteiger partial charge in [0, 0.05) is 19.1 Å². The van der Waals surface area contributed by atoms with Crippen molar-refractivity contribution in [1.29, 1.82) is 0 Å². The van der Waals surface area contributed by atoms with E-state index in [2.05, 4.69) is 17.3 Å². The normalized spacial score (nSPS) is 23.7. The average Bonchev–Trinajstić information content (AvgIpc) is 2.94. The van der Waals surface area contributed by atoms with Crippen molar-refractivity contribution in [2.75, 3.05) is 20.3 Å². The van der Waals surface area contributed by atoms with E-state index >= 15 is 0 Å². The number of hydrogen-bond acceptors (Lipinski definition) is 3. The third-order valence-electron chi connectivity index (χ3n) is 3.67. The first kappa shape index (κ1) is 13.8. The SMILES string of the molecule is CCNC1CCCC1c1c(Cl)cnn1CCOC. The van der Waals surface area contributed by atoms with E-state index in [-0.39, 0.29) is 0 Å². The number of nitrogens with zero attached hydrogens (tertiary/aromatic N) is 2. The monoisotopic (exact) mass is 271 g/mol. The number of likely N-dealkylation sites (N-methyl/N-ethyl adjacent to an activating group) is 1. The van der Waals surface area contributed by atoms with E-state index in [1.807, 2.05) is 4.68 Å². The maximum absolute atomic E-state index is 6.32. The van der Waals surface area contributed by atoms with Gasteiger partial charge in [0.05, 0.1) is 30.1 Å². The third kappa shape index (κ3) is 2.87. The lowest BCUT2D eigenvalue weighted by Crippen LogP contribution is -2.32. The fourth-order valence-corrected chi connectivity index (χ4v) is 3.17. The largest absolute Gasteiger partial charge is 0.383 e. The van der Waals surface area contributed by atoms with Gasteiger partial charge < -0.3 is 10.1 Å². The molecule has 0 aromatic carbocycles. The van der Waals surface area contributed by atoms with E-state index in [0.29, 0.717) is 18.6 Å². The predicted octanol–water partition coefficient (Wildman–Crippen LogP) is 2.43. The summed E-state index contributed by atoms with van der Waals surface area (Å²) in [5.41, 5.74) is 1.18. The molecule has 4 nitrogen and oxygen atoms in total. The number of ether oxygens (including phenoxy) is 1. The van der Waals surface area contributed by atoms with Gasteiger partial charge >= 0.3 is 0 Å². The molecule has 0 saturated heterocycles. The van der Waals surface area contributed by atoms with Gasteiger partial charge in [-0.15, -0.1) is 0 Å². The molecule has 2 unspecified atom stereocenters. The van der Waals surface area contributed by atoms with E-state index in [1.54, 1.807) is 13.3 Å². The van der Waals surface area contributed by atoms with Gasteiger partial charge in [0.15, 0.2) is 0 Å². The van der Waals surface area contributed by atoms with Crippen LogP contribution in [0.3, 0.4) is 0 Å². The van der Waals surface area contributed by atoms with Crippen molar-refractivity contribution in [2.45, 2.75) is 44.7 Å². The van der Waals surface area contributed by atoms with Crippen molar-refractivity contribution >= 4 is 11.6 Å². The second kappa shape index (κ2) is 6.55. The Kier molecular flexibility index (Phi) is 5.03. The van der Waals surface area contributed by atoms with Crippen LogP contribution in [-0.4, -0.2) is 36.1 Å². The summed E-state index contributed by atoms with van der Waals surface area (Å²) in [7, 11) is 1.71. The minimum absolute atomic E-state index is 0.483. The van der Waals surface area contributed by atoms with Crippen molar-refractivity contribution < 1.29 is 4.74 Å². The molecule has 1 N–H and O–H groups in total. The Morgan fingerprint density at radius 2 is 2.39 bits per heavy atom. The van der Waals surface area contributed by atoms with Crippen LogP contribution in [-0.2, 0) is 11.3 Å². The molecule has 1 aliphatic carbocycles. The maximum atomic E-state index is 6.32. The lowest BCUT2D eigenvalue weighted by Gasteiger charge is -2.22. The quantitative estimate of drug-likeness (QED) is 0.864. The van der Waals surface area contributed by atoms with Crippen LogP contribution >= 0.6 is 11.6 Å². The second-order valence-corrected chi connectivity index (χ2v) is 5.20. The number of hydrogen-bond donors (Lipinski definition) is 1. The van der Waals surface area contributed by atoms with E-state index < -0.39 is 0 Å². The van der Waals surface area contributed by atoms with Gasteiger partial charge in [0.2, 0.25) is 0 Å². The molecule has 1 aliphatic rings. The summed E-state index contributed by atoms with van der Waals surface area (Å²) in [6.07, 6.45) is 5.43. The first-order valence-corrected chi connectivity index (χ1v) is 7.09. The lowest BCUT2D eigenvalue weighted by atomic mass is 9.99. The van der Waals surface area contributed by atoms with Crippen LogP contribution in [0.15, 0.2) is 6.20 Å². The molecule has 1 fully saturated rings. The molecular weight excluding hydrogens is 250 g/mol. The number of methoxy groups -OCH3 is 1. The van der Waals surface area contributed by atoms with Gasteiger partial charge in [-0.25, -0.2) is 0 Å². The van der Waals surface area contributed by atoms with Crippen LogP contribution in [0.2, 0.25) is 5.02 Å². The molecule has 2 atom stereocenters. The zero-order valence-electron chi connectivity index (χ0n) is 11.2. The Balaban J connectivity index is 2.17. The highest BCUT2D eigenvalue weighted by atomic mass is 35.5. The van der Waals surface area contributed by atoms with E-state index in [9.17, 15) is 0 Å². The average molecular weight is 272 g/mol. The van der Waals surface area contributed by atoms with Gasteiger partial charge in [-0.3, -0.25) is 4.68 Å². The predicted molar refractivity (Wildman–Crippen MR) is 73.2 cm³/mol. The number of nitrogens with one attached hydrogen (secondary N) is 1. The third-order valence-corrected chi connectivity index (χ3v) is 3.97. The minimum Gasteiger partial charge on any atom is -0.383 e. The first-order valence-electron chi connectivity index (χ1n) is 6.71. The van der Waals surface area contributed by atoms with Gasteiger partial charge in [-0.2, -0.15) is 5.10 Å². The molecule has 0 spiro atoms. The number of aromatic nitrogens is 2. The molecule has 0 radical (unpaired) electrons. The number of halogens is 1. The van der Waals surface area contributed by atoms with Gasteiger partial charge in [-0.05, 0) is 19.4 Å². The number of rotatable bonds is 6. The Hall–Kier alpha value is -0.580. The zero-order chi connectivity index (χ0) is 13.0. The molecule has 1 heterocycles. The van der Waals surface area contributed by atoms with Crippen LogP contribution < -0.4 is 5.32 Å². The van der Waals surface area contributed by atoms with Gasteiger partial charge in [0.25, 0.3) is 0 Å². The Morgan fingerprint density at radius 1 is 1.56 bits per heavy atom. The first-order chi connectivity index (χ1) is 8.77. The molecule has 0 bridgehead atoms. The van der Waals surface area contributed by atoms with Crippen LogP contribution in [0.4, 0.5) is 0 Å². The van der Waals surface area contributed by atoms with Crippen LogP contribution in [0.1, 0.15) is 37.8 Å². The summed E-state index contributed by atoms with van der Waals surface area (Å²) < 4.78 is 7.13. The lowest BCUT2D eigenvalue weighted by molar-refractivity contribution is 0.181. The van der Waals surface area contributed by atoms with E-state index in [1.165, 1.54) is 25.0 Å². The van der Waals surface area contributed by atoms with Crippen LogP contribution in [0.5, 0.6) is 0 Å². The Morgan fingerprint density at radius 3 is 3.11 bits per heavy atom. The van der Waals surface area contributed by atoms with Crippen molar-refractivity contribution in [2.24, 2.45) is 0 Å². The topological polar surface area (TPSA) is 39.1 Å². The minimum atomic E-state index is 0.483. The molecule has 1 aromatic heterocycles. The van der Waals surface area contributed by atoms with Crippen molar-refractivity contribution in [1.82, 2.24) is 15.1 Å². The van der Waals surface area contributed by atoms with Gasteiger partial charge in [-0.1, -0.05) is 24.9 Å². The molecule has 0 amide bonds. The van der Waals surface area contributed by atoms with Crippen molar-refractivity contribution in [3.05, 3.63) is 16.9 Å². The second-order valence-electron chi connectivity index (χ2n) is 4.80. The van der Waals surface area contributed by atoms with Crippen LogP contribution in [0, 0.1) is 0 Å². The van der Waals surface area contributed by atoms with E-state index in [0.717, 1.165) is 18.1 Å². The molecule has 5 heteroatoms. The summed E-state index contributed by atoms with van der Waals surface area (Å²) in [5, 5.41) is 8.72. The maximum Gasteiger partial charge on any atom is 0.0821 e. The fourth-order valence-electron chi connectivity index (χ4n) is 2.89. The van der Waals surface area contributed by atoms with E-state index in [4.69, 9.17) is 16.3 Å². The van der Waals surface area contributed by atoms with Gasteiger partial charge in [0.1, 0.15) is 0 Å². The molecule has 2 rings (SSSR count). The Bertz CT molecular complexity index is 380. The molecule has 102 valence electrons. The molecule has 18 heavy (non-hydrogen) atoms. The van der Waals surface area contributed by atoms with Crippen molar-refractivity contribution in [3.8, 4) is 0 Å². The summed E-state index contributed by atoms with van der Waals surface area (Å²) in [6, 6.07) is 0.533. The zero-order valence-corrected chi connectivity index (χ0v) is 11.9. The molecule has 0 aliphatic heterocycles. The summed E-state index contributed by atoms with van der Waals surface area (Å²) in [6.45, 7) is 4.60. The summed E-state index contributed by atoms with van der Waals surface area (Å²) in [4.78, 5) is 0. The molecular formula is C13H22ClN3O. The highest BCUT2D eigenvalue weighted by molar-refractivity contribution is 6.31. The summed E-state index contributed by atoms with van der Waals surface area (Å²) >= 11 is 6.32. The smallest absolute Gasteiger partial charge is 0.0821 e. The highest BCUT2D eigenvalue weighted by Gasteiger charge is 2.32. The highest BCUT2D eigenvalue weighted by Crippen LogP contribution is 2.37. The summed E-state index contributed by atoms with van der Waals surface area (Å²) in [5.74, 6) is 0.483. The molecule has 1 aromatic rings. The fraction of sp³-hybridized carbons (Fsp3) is 0.769. The standard InChI is InChI=1S/C13H22ClN3O/c1-3-15-12-6-4-5-10(12)13-11(14)9-16-17(13)7-8-18-2/h9-10,12,15H,3-8H2,1-2H3.